The first-order valence-corrected chi connectivity index (χ1v) is 7.96. The molecule has 0 aliphatic carbocycles. The monoisotopic (exact) mass is 367 g/mol. The van der Waals surface area contributed by atoms with Crippen LogP contribution in [0.2, 0.25) is 0 Å². The second-order valence-electron chi connectivity index (χ2n) is 5.22. The third-order valence-corrected chi connectivity index (χ3v) is 3.88. The van der Waals surface area contributed by atoms with Gasteiger partial charge in [0.1, 0.15) is 16.5 Å². The standard InChI is InChI=1S/C19H14ClN3O3/c1-24-14-7-8-15(17(10-14)25-2)18-22-19(26-23-18)16(20)9-12-3-5-13(11-21)6-4-12/h3-10H,1-2H3/b16-9-. The predicted octanol–water partition coefficient (Wildman–Crippen LogP) is 4.36. The molecule has 3 rings (SSSR count). The summed E-state index contributed by atoms with van der Waals surface area (Å²) in [4.78, 5) is 4.32. The molecule has 1 heterocycles. The average Bonchev–Trinajstić information content (AvgIpc) is 3.18. The van der Waals surface area contributed by atoms with Crippen molar-refractivity contribution in [2.75, 3.05) is 14.2 Å². The number of hydrogen-bond acceptors (Lipinski definition) is 6. The zero-order valence-electron chi connectivity index (χ0n) is 14.1. The van der Waals surface area contributed by atoms with Gasteiger partial charge in [-0.1, -0.05) is 28.9 Å². The number of rotatable bonds is 5. The van der Waals surface area contributed by atoms with Gasteiger partial charge in [-0.3, -0.25) is 0 Å². The minimum atomic E-state index is 0.184. The fourth-order valence-corrected chi connectivity index (χ4v) is 2.48. The van der Waals surface area contributed by atoms with E-state index in [1.165, 1.54) is 0 Å². The first-order valence-electron chi connectivity index (χ1n) is 7.58. The van der Waals surface area contributed by atoms with Crippen LogP contribution in [0, 0.1) is 11.3 Å². The van der Waals surface area contributed by atoms with Gasteiger partial charge in [0.25, 0.3) is 5.89 Å². The van der Waals surface area contributed by atoms with Gasteiger partial charge in [0, 0.05) is 6.07 Å². The van der Waals surface area contributed by atoms with Gasteiger partial charge in [0.2, 0.25) is 5.82 Å². The van der Waals surface area contributed by atoms with Crippen molar-refractivity contribution in [2.45, 2.75) is 0 Å². The highest BCUT2D eigenvalue weighted by Crippen LogP contribution is 2.32. The topological polar surface area (TPSA) is 81.2 Å². The van der Waals surface area contributed by atoms with E-state index < -0.39 is 0 Å². The molecule has 3 aromatic rings. The van der Waals surface area contributed by atoms with Crippen LogP contribution in [-0.2, 0) is 0 Å². The lowest BCUT2D eigenvalue weighted by Crippen LogP contribution is -1.91. The lowest BCUT2D eigenvalue weighted by molar-refractivity contribution is 0.393. The molecule has 0 atom stereocenters. The van der Waals surface area contributed by atoms with Gasteiger partial charge in [-0.05, 0) is 35.9 Å². The SMILES string of the molecule is COc1ccc(-c2noc(/C(Cl)=C/c3ccc(C#N)cc3)n2)c(OC)c1. The van der Waals surface area contributed by atoms with Crippen LogP contribution in [0.5, 0.6) is 11.5 Å². The van der Waals surface area contributed by atoms with Crippen LogP contribution in [-0.4, -0.2) is 24.4 Å². The van der Waals surface area contributed by atoms with E-state index in [0.29, 0.717) is 33.5 Å². The van der Waals surface area contributed by atoms with Gasteiger partial charge in [0.15, 0.2) is 0 Å². The number of nitrogens with zero attached hydrogens (tertiary/aromatic N) is 3. The van der Waals surface area contributed by atoms with E-state index in [0.717, 1.165) is 5.56 Å². The molecule has 1 aromatic heterocycles. The largest absolute Gasteiger partial charge is 0.497 e. The summed E-state index contributed by atoms with van der Waals surface area (Å²) >= 11 is 6.29. The van der Waals surface area contributed by atoms with Crippen LogP contribution in [0.15, 0.2) is 47.0 Å². The molecule has 0 radical (unpaired) electrons. The summed E-state index contributed by atoms with van der Waals surface area (Å²) in [6.45, 7) is 0. The molecule has 0 spiro atoms. The van der Waals surface area contributed by atoms with Gasteiger partial charge >= 0.3 is 0 Å². The number of halogens is 1. The van der Waals surface area contributed by atoms with Crippen molar-refractivity contribution >= 4 is 22.7 Å². The first kappa shape index (κ1) is 17.5. The Labute approximate surface area is 155 Å². The Morgan fingerprint density at radius 2 is 1.92 bits per heavy atom. The number of ether oxygens (including phenoxy) is 2. The van der Waals surface area contributed by atoms with E-state index in [2.05, 4.69) is 16.2 Å². The van der Waals surface area contributed by atoms with Crippen LogP contribution in [0.4, 0.5) is 0 Å². The highest BCUT2D eigenvalue weighted by atomic mass is 35.5. The normalized spacial score (nSPS) is 11.1. The molecule has 130 valence electrons. The zero-order chi connectivity index (χ0) is 18.5. The van der Waals surface area contributed by atoms with Crippen molar-refractivity contribution in [1.29, 1.82) is 5.26 Å². The summed E-state index contributed by atoms with van der Waals surface area (Å²) in [5.41, 5.74) is 2.05. The molecule has 0 aliphatic rings. The van der Waals surface area contributed by atoms with Crippen LogP contribution in [0.3, 0.4) is 0 Å². The molecule has 0 aliphatic heterocycles. The van der Waals surface area contributed by atoms with Crippen LogP contribution < -0.4 is 9.47 Å². The van der Waals surface area contributed by atoms with E-state index >= 15 is 0 Å². The van der Waals surface area contributed by atoms with E-state index in [1.807, 2.05) is 0 Å². The second kappa shape index (κ2) is 7.72. The maximum absolute atomic E-state index is 8.83. The number of methoxy groups -OCH3 is 2. The minimum Gasteiger partial charge on any atom is -0.497 e. The Morgan fingerprint density at radius 1 is 1.15 bits per heavy atom. The molecule has 6 nitrogen and oxygen atoms in total. The van der Waals surface area contributed by atoms with Crippen molar-refractivity contribution in [3.8, 4) is 29.0 Å². The first-order chi connectivity index (χ1) is 12.6. The lowest BCUT2D eigenvalue weighted by atomic mass is 10.1. The molecule has 26 heavy (non-hydrogen) atoms. The Hall–Kier alpha value is -3.30. The summed E-state index contributed by atoms with van der Waals surface area (Å²) in [7, 11) is 3.13. The quantitative estimate of drug-likeness (QED) is 0.666. The molecule has 0 N–H and O–H groups in total. The Balaban J connectivity index is 1.89. The summed E-state index contributed by atoms with van der Waals surface area (Å²) in [5.74, 6) is 1.76. The Bertz CT molecular complexity index is 988. The molecular formula is C19H14ClN3O3. The smallest absolute Gasteiger partial charge is 0.269 e. The second-order valence-corrected chi connectivity index (χ2v) is 5.62. The lowest BCUT2D eigenvalue weighted by Gasteiger charge is -2.07. The Morgan fingerprint density at radius 3 is 2.58 bits per heavy atom. The predicted molar refractivity (Wildman–Crippen MR) is 97.7 cm³/mol. The minimum absolute atomic E-state index is 0.184. The van der Waals surface area contributed by atoms with Crippen molar-refractivity contribution in [1.82, 2.24) is 10.1 Å². The summed E-state index contributed by atoms with van der Waals surface area (Å²) in [6.07, 6.45) is 1.69. The fourth-order valence-electron chi connectivity index (χ4n) is 2.28. The molecular weight excluding hydrogens is 354 g/mol. The number of nitriles is 1. The van der Waals surface area contributed by atoms with Gasteiger partial charge in [-0.15, -0.1) is 0 Å². The third kappa shape index (κ3) is 3.68. The molecule has 0 saturated heterocycles. The summed E-state index contributed by atoms with van der Waals surface area (Å²) in [6, 6.07) is 14.3. The molecule has 0 amide bonds. The van der Waals surface area contributed by atoms with Gasteiger partial charge in [-0.2, -0.15) is 10.2 Å². The molecule has 0 fully saturated rings. The highest BCUT2D eigenvalue weighted by Gasteiger charge is 2.16. The summed E-state index contributed by atoms with van der Waals surface area (Å²) < 4.78 is 15.8. The maximum Gasteiger partial charge on any atom is 0.269 e. The van der Waals surface area contributed by atoms with E-state index in [9.17, 15) is 0 Å². The van der Waals surface area contributed by atoms with E-state index in [4.69, 9.17) is 30.9 Å². The molecule has 2 aromatic carbocycles. The van der Waals surface area contributed by atoms with Crippen molar-refractivity contribution in [3.05, 3.63) is 59.5 Å². The average molecular weight is 368 g/mol. The maximum atomic E-state index is 8.83. The third-order valence-electron chi connectivity index (χ3n) is 3.61. The van der Waals surface area contributed by atoms with Crippen molar-refractivity contribution < 1.29 is 14.0 Å². The van der Waals surface area contributed by atoms with Gasteiger partial charge in [-0.25, -0.2) is 0 Å². The van der Waals surface area contributed by atoms with Gasteiger partial charge in [0.05, 0.1) is 31.4 Å². The number of aromatic nitrogens is 2. The molecule has 7 heteroatoms. The Kier molecular flexibility index (Phi) is 5.20. The van der Waals surface area contributed by atoms with Crippen molar-refractivity contribution in [2.24, 2.45) is 0 Å². The summed E-state index contributed by atoms with van der Waals surface area (Å²) in [5, 5.41) is 13.1. The van der Waals surface area contributed by atoms with Crippen LogP contribution >= 0.6 is 11.6 Å². The molecule has 0 unspecified atom stereocenters. The highest BCUT2D eigenvalue weighted by molar-refractivity contribution is 6.50. The van der Waals surface area contributed by atoms with Crippen LogP contribution in [0.25, 0.3) is 22.5 Å². The van der Waals surface area contributed by atoms with Gasteiger partial charge < -0.3 is 14.0 Å². The molecule has 0 bridgehead atoms. The number of benzene rings is 2. The van der Waals surface area contributed by atoms with Crippen molar-refractivity contribution in [3.63, 3.8) is 0 Å². The van der Waals surface area contributed by atoms with Crippen LogP contribution in [0.1, 0.15) is 17.0 Å². The fraction of sp³-hybridized carbons (Fsp3) is 0.105. The molecule has 0 saturated carbocycles. The number of hydrogen-bond donors (Lipinski definition) is 0. The zero-order valence-corrected chi connectivity index (χ0v) is 14.8. The van der Waals surface area contributed by atoms with E-state index in [-0.39, 0.29) is 5.89 Å². The van der Waals surface area contributed by atoms with E-state index in [1.54, 1.807) is 62.8 Å².